The molecule has 0 bridgehead atoms. The number of nitrogens with zero attached hydrogens (tertiary/aromatic N) is 3. The third-order valence-electron chi connectivity index (χ3n) is 1.37. The Labute approximate surface area is 82.7 Å². The molecule has 6 N–H and O–H groups in total. The van der Waals surface area contributed by atoms with E-state index >= 15 is 0 Å². The maximum Gasteiger partial charge on any atom is 0.288 e. The summed E-state index contributed by atoms with van der Waals surface area (Å²) in [6, 6.07) is 0. The largest absolute Gasteiger partial charge is 0.364 e. The first-order valence-corrected chi connectivity index (χ1v) is 3.57. The van der Waals surface area contributed by atoms with Crippen LogP contribution >= 0.6 is 0 Å². The third kappa shape index (κ3) is 2.02. The first kappa shape index (κ1) is 10.5. The number of hydrogen-bond donors (Lipinski definition) is 3. The molecule has 1 aromatic rings. The van der Waals surface area contributed by atoms with Crippen LogP contribution in [0.1, 0.15) is 31.6 Å². The molecule has 0 unspecified atom stereocenters. The third-order valence-corrected chi connectivity index (χ3v) is 1.37. The van der Waals surface area contributed by atoms with Crippen LogP contribution in [0.3, 0.4) is 0 Å². The minimum atomic E-state index is -1.05. The minimum Gasteiger partial charge on any atom is -0.364 e. The molecule has 0 saturated carbocycles. The van der Waals surface area contributed by atoms with Crippen molar-refractivity contribution < 1.29 is 14.4 Å². The van der Waals surface area contributed by atoms with E-state index in [1.165, 1.54) is 0 Å². The standard InChI is InChI=1S/C6H6N6O3/c7-3(13)1-2(4(8)14)11-12-6(10-1)5(9)15/h(H2,7,13)(H2,8,14)(H2,9,15). The van der Waals surface area contributed by atoms with E-state index in [9.17, 15) is 14.4 Å². The maximum absolute atomic E-state index is 10.8. The number of carbonyl (C=O) groups excluding carboxylic acids is 3. The number of rotatable bonds is 3. The molecule has 9 heteroatoms. The molecular weight excluding hydrogens is 204 g/mol. The lowest BCUT2D eigenvalue weighted by Gasteiger charge is -2.00. The first-order chi connectivity index (χ1) is 6.93. The highest BCUT2D eigenvalue weighted by molar-refractivity contribution is 6.03. The predicted octanol–water partition coefficient (Wildman–Crippen LogP) is -2.83. The molecule has 1 aromatic heterocycles. The summed E-state index contributed by atoms with van der Waals surface area (Å²) in [5, 5.41) is 6.43. The fourth-order valence-electron chi connectivity index (χ4n) is 0.768. The number of primary amides is 3. The topological polar surface area (TPSA) is 168 Å². The lowest BCUT2D eigenvalue weighted by molar-refractivity contribution is 0.0951. The van der Waals surface area contributed by atoms with Gasteiger partial charge in [0.2, 0.25) is 5.82 Å². The fourth-order valence-corrected chi connectivity index (χ4v) is 0.768. The normalized spacial score (nSPS) is 9.60. The second-order valence-electron chi connectivity index (χ2n) is 2.43. The highest BCUT2D eigenvalue weighted by atomic mass is 16.2. The Bertz CT molecular complexity index is 456. The van der Waals surface area contributed by atoms with E-state index in [2.05, 4.69) is 15.2 Å². The molecule has 0 radical (unpaired) electrons. The zero-order valence-corrected chi connectivity index (χ0v) is 7.30. The number of aromatic nitrogens is 3. The Balaban J connectivity index is 3.40. The molecule has 1 heterocycles. The number of amides is 3. The van der Waals surface area contributed by atoms with Crippen molar-refractivity contribution >= 4 is 17.7 Å². The van der Waals surface area contributed by atoms with Gasteiger partial charge in [0.05, 0.1) is 0 Å². The van der Waals surface area contributed by atoms with Crippen LogP contribution in [-0.2, 0) is 0 Å². The molecule has 0 aromatic carbocycles. The molecule has 15 heavy (non-hydrogen) atoms. The van der Waals surface area contributed by atoms with E-state index in [4.69, 9.17) is 17.2 Å². The lowest BCUT2D eigenvalue weighted by Crippen LogP contribution is -2.27. The molecule has 0 spiro atoms. The van der Waals surface area contributed by atoms with Crippen molar-refractivity contribution in [2.24, 2.45) is 17.2 Å². The van der Waals surface area contributed by atoms with Crippen LogP contribution in [0.15, 0.2) is 0 Å². The SMILES string of the molecule is NC(=O)c1nnc(C(N)=O)c(C(N)=O)n1. The predicted molar refractivity (Wildman–Crippen MR) is 45.4 cm³/mol. The van der Waals surface area contributed by atoms with Gasteiger partial charge in [0.15, 0.2) is 11.4 Å². The van der Waals surface area contributed by atoms with E-state index in [0.29, 0.717) is 0 Å². The summed E-state index contributed by atoms with van der Waals surface area (Å²) in [7, 11) is 0. The van der Waals surface area contributed by atoms with Crippen molar-refractivity contribution in [2.75, 3.05) is 0 Å². The zero-order valence-electron chi connectivity index (χ0n) is 7.30. The minimum absolute atomic E-state index is 0.507. The van der Waals surface area contributed by atoms with Crippen molar-refractivity contribution in [1.82, 2.24) is 15.2 Å². The van der Waals surface area contributed by atoms with Gasteiger partial charge in [-0.2, -0.15) is 0 Å². The van der Waals surface area contributed by atoms with E-state index in [0.717, 1.165) is 0 Å². The molecule has 3 amide bonds. The highest BCUT2D eigenvalue weighted by Gasteiger charge is 2.19. The van der Waals surface area contributed by atoms with E-state index < -0.39 is 34.9 Å². The van der Waals surface area contributed by atoms with E-state index in [1.807, 2.05) is 0 Å². The summed E-state index contributed by atoms with van der Waals surface area (Å²) in [6.45, 7) is 0. The van der Waals surface area contributed by atoms with Crippen molar-refractivity contribution in [1.29, 1.82) is 0 Å². The van der Waals surface area contributed by atoms with Crippen LogP contribution in [0, 0.1) is 0 Å². The Morgan fingerprint density at radius 1 is 0.800 bits per heavy atom. The van der Waals surface area contributed by atoms with Gasteiger partial charge in [-0.15, -0.1) is 10.2 Å². The molecule has 1 rings (SSSR count). The molecule has 0 aliphatic rings. The maximum atomic E-state index is 10.8. The van der Waals surface area contributed by atoms with Crippen molar-refractivity contribution in [3.63, 3.8) is 0 Å². The first-order valence-electron chi connectivity index (χ1n) is 3.57. The van der Waals surface area contributed by atoms with Gasteiger partial charge in [-0.05, 0) is 0 Å². The summed E-state index contributed by atoms with van der Waals surface area (Å²) >= 11 is 0. The van der Waals surface area contributed by atoms with Gasteiger partial charge >= 0.3 is 0 Å². The van der Waals surface area contributed by atoms with Crippen LogP contribution in [0.5, 0.6) is 0 Å². The number of carbonyl (C=O) groups is 3. The zero-order chi connectivity index (χ0) is 11.6. The van der Waals surface area contributed by atoms with Crippen molar-refractivity contribution in [3.05, 3.63) is 17.2 Å². The molecular formula is C6H6N6O3. The molecule has 9 nitrogen and oxygen atoms in total. The molecule has 0 aliphatic heterocycles. The number of nitrogens with two attached hydrogens (primary N) is 3. The van der Waals surface area contributed by atoms with Crippen molar-refractivity contribution in [2.45, 2.75) is 0 Å². The van der Waals surface area contributed by atoms with Gasteiger partial charge in [-0.1, -0.05) is 0 Å². The van der Waals surface area contributed by atoms with Gasteiger partial charge in [-0.25, -0.2) is 4.98 Å². The average molecular weight is 210 g/mol. The fraction of sp³-hybridized carbons (Fsp3) is 0. The summed E-state index contributed by atoms with van der Waals surface area (Å²) in [5.41, 5.74) is 13.6. The second-order valence-corrected chi connectivity index (χ2v) is 2.43. The van der Waals surface area contributed by atoms with Gasteiger partial charge in [-0.3, -0.25) is 14.4 Å². The Morgan fingerprint density at radius 3 is 1.73 bits per heavy atom. The van der Waals surface area contributed by atoms with Gasteiger partial charge < -0.3 is 17.2 Å². The van der Waals surface area contributed by atoms with Crippen LogP contribution in [0.25, 0.3) is 0 Å². The average Bonchev–Trinajstić information content (AvgIpc) is 2.16. The monoisotopic (exact) mass is 210 g/mol. The Hall–Kier alpha value is -2.58. The van der Waals surface area contributed by atoms with E-state index in [-0.39, 0.29) is 0 Å². The summed E-state index contributed by atoms with van der Waals surface area (Å²) in [5.74, 6) is -3.60. The summed E-state index contributed by atoms with van der Waals surface area (Å²) < 4.78 is 0. The van der Waals surface area contributed by atoms with Crippen LogP contribution in [-0.4, -0.2) is 32.9 Å². The van der Waals surface area contributed by atoms with E-state index in [1.54, 1.807) is 0 Å². The van der Waals surface area contributed by atoms with Gasteiger partial charge in [0, 0.05) is 0 Å². The van der Waals surface area contributed by atoms with Crippen LogP contribution in [0.4, 0.5) is 0 Å². The number of hydrogen-bond acceptors (Lipinski definition) is 6. The van der Waals surface area contributed by atoms with Crippen molar-refractivity contribution in [3.8, 4) is 0 Å². The quantitative estimate of drug-likeness (QED) is 0.485. The Kier molecular flexibility index (Phi) is 2.56. The van der Waals surface area contributed by atoms with Gasteiger partial charge in [0.25, 0.3) is 17.7 Å². The molecule has 0 aliphatic carbocycles. The molecule has 78 valence electrons. The van der Waals surface area contributed by atoms with Crippen LogP contribution in [0.2, 0.25) is 0 Å². The summed E-state index contributed by atoms with van der Waals surface area (Å²) in [6.07, 6.45) is 0. The smallest absolute Gasteiger partial charge is 0.288 e. The highest BCUT2D eigenvalue weighted by Crippen LogP contribution is 2.00. The van der Waals surface area contributed by atoms with Crippen LogP contribution < -0.4 is 17.2 Å². The van der Waals surface area contributed by atoms with Gasteiger partial charge in [0.1, 0.15) is 0 Å². The molecule has 0 fully saturated rings. The summed E-state index contributed by atoms with van der Waals surface area (Å²) in [4.78, 5) is 35.6. The lowest BCUT2D eigenvalue weighted by atomic mass is 10.3. The molecule has 0 saturated heterocycles. The Morgan fingerprint density at radius 2 is 1.33 bits per heavy atom. The molecule has 0 atom stereocenters. The second kappa shape index (κ2) is 3.65.